The van der Waals surface area contributed by atoms with E-state index in [1.165, 1.54) is 0 Å². The smallest absolute Gasteiger partial charge is 0.240 e. The van der Waals surface area contributed by atoms with Gasteiger partial charge in [0.05, 0.1) is 0 Å². The van der Waals surface area contributed by atoms with E-state index >= 15 is 0 Å². The first kappa shape index (κ1) is 16.8. The van der Waals surface area contributed by atoms with Gasteiger partial charge >= 0.3 is 0 Å². The Hall–Kier alpha value is -3.08. The second-order valence-electron chi connectivity index (χ2n) is 6.07. The molecule has 5 nitrogen and oxygen atoms in total. The number of para-hydroxylation sites is 1. The predicted octanol–water partition coefficient (Wildman–Crippen LogP) is 2.31. The zero-order valence-electron chi connectivity index (χ0n) is 13.9. The molecule has 0 saturated heterocycles. The number of benzene rings is 2. The fraction of sp³-hybridized carbons (Fsp3) is 0.200. The lowest BCUT2D eigenvalue weighted by molar-refractivity contribution is -0.127. The maximum absolute atomic E-state index is 12.2. The first-order valence-corrected chi connectivity index (χ1v) is 8.31. The average molecular weight is 335 g/mol. The van der Waals surface area contributed by atoms with Gasteiger partial charge in [0.1, 0.15) is 6.04 Å². The number of nitrogens with two attached hydrogens (primary N) is 1. The second-order valence-corrected chi connectivity index (χ2v) is 6.07. The number of aromatic amines is 1. The molecule has 0 saturated carbocycles. The standard InChI is InChI=1S/C20H21N3O2/c21-20(25)18(12-15-13-22-17-9-5-4-8-16(15)17)23-19(24)11-10-14-6-2-1-3-7-14/h1-9,13,18,22H,10-12H2,(H2,21,25)(H,23,24)/t18-/m0/s1. The summed E-state index contributed by atoms with van der Waals surface area (Å²) < 4.78 is 0. The van der Waals surface area contributed by atoms with Crippen LogP contribution in [0.15, 0.2) is 60.8 Å². The van der Waals surface area contributed by atoms with Crippen molar-refractivity contribution in [1.29, 1.82) is 0 Å². The van der Waals surface area contributed by atoms with Crippen LogP contribution < -0.4 is 11.1 Å². The summed E-state index contributed by atoms with van der Waals surface area (Å²) in [6.07, 6.45) is 3.18. The molecule has 1 atom stereocenters. The number of primary amides is 1. The Morgan fingerprint density at radius 2 is 1.76 bits per heavy atom. The van der Waals surface area contributed by atoms with Crippen LogP contribution in [-0.2, 0) is 22.4 Å². The SMILES string of the molecule is NC(=O)[C@H](Cc1c[nH]c2ccccc12)NC(=O)CCc1ccccc1. The van der Waals surface area contributed by atoms with E-state index in [0.29, 0.717) is 19.3 Å². The summed E-state index contributed by atoms with van der Waals surface area (Å²) in [6, 6.07) is 16.9. The minimum absolute atomic E-state index is 0.174. The molecule has 1 aromatic heterocycles. The molecule has 4 N–H and O–H groups in total. The minimum Gasteiger partial charge on any atom is -0.368 e. The van der Waals surface area contributed by atoms with E-state index < -0.39 is 11.9 Å². The van der Waals surface area contributed by atoms with Crippen LogP contribution >= 0.6 is 0 Å². The number of aryl methyl sites for hydroxylation is 1. The molecule has 2 amide bonds. The number of aromatic nitrogens is 1. The molecule has 0 aliphatic heterocycles. The molecule has 0 fully saturated rings. The molecule has 0 aliphatic carbocycles. The molecule has 1 heterocycles. The Labute approximate surface area is 146 Å². The summed E-state index contributed by atoms with van der Waals surface area (Å²) in [4.78, 5) is 27.1. The van der Waals surface area contributed by atoms with E-state index in [-0.39, 0.29) is 5.91 Å². The Morgan fingerprint density at radius 3 is 2.52 bits per heavy atom. The summed E-state index contributed by atoms with van der Waals surface area (Å²) in [5.74, 6) is -0.703. The summed E-state index contributed by atoms with van der Waals surface area (Å²) >= 11 is 0. The molecule has 2 aromatic carbocycles. The van der Waals surface area contributed by atoms with Crippen LogP contribution in [0.4, 0.5) is 0 Å². The van der Waals surface area contributed by atoms with Gasteiger partial charge in [0.15, 0.2) is 0 Å². The summed E-state index contributed by atoms with van der Waals surface area (Å²) in [6.45, 7) is 0. The highest BCUT2D eigenvalue weighted by Crippen LogP contribution is 2.19. The number of rotatable bonds is 7. The fourth-order valence-corrected chi connectivity index (χ4v) is 2.91. The van der Waals surface area contributed by atoms with Crippen molar-refractivity contribution in [3.63, 3.8) is 0 Å². The van der Waals surface area contributed by atoms with E-state index in [4.69, 9.17) is 5.73 Å². The Kier molecular flexibility index (Phi) is 5.14. The number of hydrogen-bond acceptors (Lipinski definition) is 2. The molecule has 0 spiro atoms. The van der Waals surface area contributed by atoms with Crippen LogP contribution in [0.25, 0.3) is 10.9 Å². The number of fused-ring (bicyclic) bond motifs is 1. The van der Waals surface area contributed by atoms with Crippen LogP contribution in [0, 0.1) is 0 Å². The van der Waals surface area contributed by atoms with E-state index in [2.05, 4.69) is 10.3 Å². The largest absolute Gasteiger partial charge is 0.368 e. The third-order valence-corrected chi connectivity index (χ3v) is 4.26. The number of carbonyl (C=O) groups is 2. The molecule has 5 heteroatoms. The number of amides is 2. The monoisotopic (exact) mass is 335 g/mol. The number of carbonyl (C=O) groups excluding carboxylic acids is 2. The number of H-pyrrole nitrogens is 1. The highest BCUT2D eigenvalue weighted by Gasteiger charge is 2.20. The molecule has 25 heavy (non-hydrogen) atoms. The highest BCUT2D eigenvalue weighted by molar-refractivity contribution is 5.88. The van der Waals surface area contributed by atoms with Crippen LogP contribution in [0.5, 0.6) is 0 Å². The average Bonchev–Trinajstić information content (AvgIpc) is 3.03. The van der Waals surface area contributed by atoms with Gasteiger partial charge < -0.3 is 16.0 Å². The highest BCUT2D eigenvalue weighted by atomic mass is 16.2. The van der Waals surface area contributed by atoms with Crippen LogP contribution in [-0.4, -0.2) is 22.8 Å². The maximum atomic E-state index is 12.2. The summed E-state index contributed by atoms with van der Waals surface area (Å²) in [5.41, 5.74) is 8.53. The Morgan fingerprint density at radius 1 is 1.04 bits per heavy atom. The lowest BCUT2D eigenvalue weighted by Crippen LogP contribution is -2.45. The fourth-order valence-electron chi connectivity index (χ4n) is 2.91. The van der Waals surface area contributed by atoms with Gasteiger partial charge in [-0.1, -0.05) is 48.5 Å². The topological polar surface area (TPSA) is 88.0 Å². The maximum Gasteiger partial charge on any atom is 0.240 e. The van der Waals surface area contributed by atoms with Gasteiger partial charge in [0.2, 0.25) is 11.8 Å². The first-order valence-electron chi connectivity index (χ1n) is 8.31. The zero-order chi connectivity index (χ0) is 17.6. The summed E-state index contributed by atoms with van der Waals surface area (Å²) in [5, 5.41) is 3.80. The lowest BCUT2D eigenvalue weighted by atomic mass is 10.0. The molecular formula is C20H21N3O2. The van der Waals surface area contributed by atoms with Crippen molar-refractivity contribution in [2.24, 2.45) is 5.73 Å². The third-order valence-electron chi connectivity index (χ3n) is 4.26. The van der Waals surface area contributed by atoms with Gasteiger partial charge in [0.25, 0.3) is 0 Å². The normalized spacial score (nSPS) is 12.0. The molecule has 0 radical (unpaired) electrons. The van der Waals surface area contributed by atoms with Crippen LogP contribution in [0.2, 0.25) is 0 Å². The first-order chi connectivity index (χ1) is 12.1. The van der Waals surface area contributed by atoms with Crippen LogP contribution in [0.3, 0.4) is 0 Å². The second kappa shape index (κ2) is 7.66. The van der Waals surface area contributed by atoms with E-state index in [1.54, 1.807) is 0 Å². The van der Waals surface area contributed by atoms with Gasteiger partial charge in [-0.2, -0.15) is 0 Å². The van der Waals surface area contributed by atoms with Gasteiger partial charge in [-0.15, -0.1) is 0 Å². The lowest BCUT2D eigenvalue weighted by Gasteiger charge is -2.15. The van der Waals surface area contributed by atoms with Crippen molar-refractivity contribution >= 4 is 22.7 Å². The van der Waals surface area contributed by atoms with Crippen LogP contribution in [0.1, 0.15) is 17.5 Å². The van der Waals surface area contributed by atoms with Gasteiger partial charge in [-0.05, 0) is 23.6 Å². The minimum atomic E-state index is -0.720. The van der Waals surface area contributed by atoms with Crippen molar-refractivity contribution in [2.75, 3.05) is 0 Å². The summed E-state index contributed by atoms with van der Waals surface area (Å²) in [7, 11) is 0. The zero-order valence-corrected chi connectivity index (χ0v) is 13.9. The quantitative estimate of drug-likeness (QED) is 0.619. The molecule has 128 valence electrons. The van der Waals surface area contributed by atoms with Crippen molar-refractivity contribution in [3.05, 3.63) is 71.9 Å². The van der Waals surface area contributed by atoms with E-state index in [1.807, 2.05) is 60.8 Å². The van der Waals surface area contributed by atoms with Gasteiger partial charge in [-0.25, -0.2) is 0 Å². The van der Waals surface area contributed by atoms with Gasteiger partial charge in [-0.3, -0.25) is 9.59 Å². The molecule has 3 aromatic rings. The predicted molar refractivity (Wildman–Crippen MR) is 97.9 cm³/mol. The van der Waals surface area contributed by atoms with Gasteiger partial charge in [0, 0.05) is 29.9 Å². The number of nitrogens with one attached hydrogen (secondary N) is 2. The molecule has 3 rings (SSSR count). The third kappa shape index (κ3) is 4.26. The Bertz CT molecular complexity index is 871. The van der Waals surface area contributed by atoms with Crippen molar-refractivity contribution in [1.82, 2.24) is 10.3 Å². The molecule has 0 aliphatic rings. The Balaban J connectivity index is 1.63. The van der Waals surface area contributed by atoms with E-state index in [9.17, 15) is 9.59 Å². The van der Waals surface area contributed by atoms with Crippen molar-refractivity contribution in [2.45, 2.75) is 25.3 Å². The molecular weight excluding hydrogens is 314 g/mol. The van der Waals surface area contributed by atoms with E-state index in [0.717, 1.165) is 22.0 Å². The van der Waals surface area contributed by atoms with Crippen molar-refractivity contribution < 1.29 is 9.59 Å². The molecule has 0 bridgehead atoms. The molecule has 0 unspecified atom stereocenters. The number of hydrogen-bond donors (Lipinski definition) is 3. The van der Waals surface area contributed by atoms with Crippen molar-refractivity contribution in [3.8, 4) is 0 Å².